The van der Waals surface area contributed by atoms with Gasteiger partial charge in [-0.2, -0.15) is 0 Å². The zero-order valence-corrected chi connectivity index (χ0v) is 18.0. The van der Waals surface area contributed by atoms with Gasteiger partial charge in [-0.25, -0.2) is 4.98 Å². The van der Waals surface area contributed by atoms with Crippen molar-refractivity contribution in [2.24, 2.45) is 0 Å². The number of H-pyrrole nitrogens is 1. The summed E-state index contributed by atoms with van der Waals surface area (Å²) in [6.45, 7) is 8.49. The first-order chi connectivity index (χ1) is 14.1. The van der Waals surface area contributed by atoms with Crippen molar-refractivity contribution in [1.82, 2.24) is 20.3 Å². The van der Waals surface area contributed by atoms with Crippen molar-refractivity contribution >= 4 is 22.2 Å². The van der Waals surface area contributed by atoms with Crippen molar-refractivity contribution in [2.45, 2.75) is 39.5 Å². The van der Waals surface area contributed by atoms with Gasteiger partial charge < -0.3 is 10.3 Å². The van der Waals surface area contributed by atoms with Crippen LogP contribution in [0.15, 0.2) is 35.7 Å². The minimum absolute atomic E-state index is 0.600. The monoisotopic (exact) mass is 402 g/mol. The van der Waals surface area contributed by atoms with Crippen LogP contribution in [-0.4, -0.2) is 28.0 Å². The number of benzene rings is 1. The SMILES string of the molecule is Cc1cc(-c2[nH]c3cc(-c4nc(C5CCNCC5)cs4)ccc3c2C)cc(C)n1. The first kappa shape index (κ1) is 18.5. The summed E-state index contributed by atoms with van der Waals surface area (Å²) in [4.78, 5) is 13.2. The summed E-state index contributed by atoms with van der Waals surface area (Å²) in [5.41, 5.74) is 9.38. The minimum Gasteiger partial charge on any atom is -0.354 e. The zero-order valence-electron chi connectivity index (χ0n) is 17.2. The van der Waals surface area contributed by atoms with E-state index in [2.05, 4.69) is 71.8 Å². The Balaban J connectivity index is 1.52. The summed E-state index contributed by atoms with van der Waals surface area (Å²) in [7, 11) is 0. The van der Waals surface area contributed by atoms with E-state index in [0.717, 1.165) is 29.5 Å². The molecule has 5 heteroatoms. The average molecular weight is 403 g/mol. The Morgan fingerprint density at radius 3 is 2.45 bits per heavy atom. The van der Waals surface area contributed by atoms with Crippen LogP contribution in [0.25, 0.3) is 32.7 Å². The number of nitrogens with one attached hydrogen (secondary N) is 2. The lowest BCUT2D eigenvalue weighted by atomic mass is 9.95. The molecule has 2 N–H and O–H groups in total. The van der Waals surface area contributed by atoms with Gasteiger partial charge in [0.05, 0.1) is 5.69 Å². The number of aromatic nitrogens is 3. The second-order valence-corrected chi connectivity index (χ2v) is 8.98. The van der Waals surface area contributed by atoms with Gasteiger partial charge in [0.15, 0.2) is 0 Å². The Labute approximate surface area is 175 Å². The quantitative estimate of drug-likeness (QED) is 0.459. The fourth-order valence-electron chi connectivity index (χ4n) is 4.46. The number of hydrogen-bond donors (Lipinski definition) is 2. The maximum absolute atomic E-state index is 4.99. The van der Waals surface area contributed by atoms with E-state index in [9.17, 15) is 0 Å². The van der Waals surface area contributed by atoms with E-state index in [1.807, 2.05) is 0 Å². The largest absolute Gasteiger partial charge is 0.354 e. The zero-order chi connectivity index (χ0) is 20.0. The molecule has 1 saturated heterocycles. The average Bonchev–Trinajstić information content (AvgIpc) is 3.33. The second kappa shape index (κ2) is 7.39. The van der Waals surface area contributed by atoms with E-state index in [4.69, 9.17) is 4.98 Å². The molecule has 1 fully saturated rings. The molecule has 148 valence electrons. The molecular formula is C24H26N4S. The van der Waals surface area contributed by atoms with Crippen LogP contribution < -0.4 is 5.32 Å². The Bertz CT molecular complexity index is 1160. The molecule has 0 bridgehead atoms. The molecule has 0 amide bonds. The van der Waals surface area contributed by atoms with Crippen molar-refractivity contribution in [2.75, 3.05) is 13.1 Å². The maximum atomic E-state index is 4.99. The number of fused-ring (bicyclic) bond motifs is 1. The summed E-state index contributed by atoms with van der Waals surface area (Å²) in [6.07, 6.45) is 2.37. The smallest absolute Gasteiger partial charge is 0.123 e. The number of hydrogen-bond acceptors (Lipinski definition) is 4. The number of aryl methyl sites for hydroxylation is 3. The summed E-state index contributed by atoms with van der Waals surface area (Å²) in [6, 6.07) is 11.0. The molecule has 0 aliphatic carbocycles. The Hall–Kier alpha value is -2.50. The molecule has 1 aliphatic rings. The van der Waals surface area contributed by atoms with E-state index in [-0.39, 0.29) is 0 Å². The number of piperidine rings is 1. The highest BCUT2D eigenvalue weighted by atomic mass is 32.1. The van der Waals surface area contributed by atoms with Gasteiger partial charge in [0.1, 0.15) is 5.01 Å². The van der Waals surface area contributed by atoms with Gasteiger partial charge in [-0.15, -0.1) is 11.3 Å². The Kier molecular flexibility index (Phi) is 4.72. The topological polar surface area (TPSA) is 53.6 Å². The van der Waals surface area contributed by atoms with Crippen molar-refractivity contribution in [3.63, 3.8) is 0 Å². The molecule has 0 saturated carbocycles. The molecule has 0 spiro atoms. The lowest BCUT2D eigenvalue weighted by molar-refractivity contribution is 0.455. The van der Waals surface area contributed by atoms with Crippen molar-refractivity contribution in [3.05, 3.63) is 58.4 Å². The molecule has 4 heterocycles. The van der Waals surface area contributed by atoms with Gasteiger partial charge in [-0.3, -0.25) is 4.98 Å². The molecule has 4 aromatic rings. The van der Waals surface area contributed by atoms with E-state index >= 15 is 0 Å². The van der Waals surface area contributed by atoms with Crippen LogP contribution in [0.2, 0.25) is 0 Å². The number of thiazole rings is 1. The molecule has 5 rings (SSSR count). The molecular weight excluding hydrogens is 376 g/mol. The highest BCUT2D eigenvalue weighted by molar-refractivity contribution is 7.13. The number of aromatic amines is 1. The van der Waals surface area contributed by atoms with Gasteiger partial charge in [-0.1, -0.05) is 12.1 Å². The summed E-state index contributed by atoms with van der Waals surface area (Å²) < 4.78 is 0. The molecule has 0 radical (unpaired) electrons. The third kappa shape index (κ3) is 3.49. The lowest BCUT2D eigenvalue weighted by Gasteiger charge is -2.20. The summed E-state index contributed by atoms with van der Waals surface area (Å²) in [5, 5.41) is 8.08. The van der Waals surface area contributed by atoms with Crippen LogP contribution in [0.3, 0.4) is 0 Å². The summed E-state index contributed by atoms with van der Waals surface area (Å²) >= 11 is 1.76. The Morgan fingerprint density at radius 1 is 0.931 bits per heavy atom. The molecule has 3 aromatic heterocycles. The predicted molar refractivity (Wildman–Crippen MR) is 122 cm³/mol. The van der Waals surface area contributed by atoms with E-state index in [1.54, 1.807) is 11.3 Å². The summed E-state index contributed by atoms with van der Waals surface area (Å²) in [5.74, 6) is 0.600. The maximum Gasteiger partial charge on any atom is 0.123 e. The van der Waals surface area contributed by atoms with Crippen LogP contribution in [0.1, 0.15) is 41.4 Å². The molecule has 1 aromatic carbocycles. The second-order valence-electron chi connectivity index (χ2n) is 8.13. The van der Waals surface area contributed by atoms with Gasteiger partial charge in [-0.05, 0) is 70.5 Å². The van der Waals surface area contributed by atoms with Crippen LogP contribution in [-0.2, 0) is 0 Å². The van der Waals surface area contributed by atoms with Gasteiger partial charge in [0, 0.05) is 50.4 Å². The molecule has 0 unspecified atom stereocenters. The van der Waals surface area contributed by atoms with E-state index in [1.165, 1.54) is 51.8 Å². The van der Waals surface area contributed by atoms with Gasteiger partial charge in [0.25, 0.3) is 0 Å². The fraction of sp³-hybridized carbons (Fsp3) is 0.333. The van der Waals surface area contributed by atoms with E-state index in [0.29, 0.717) is 5.92 Å². The van der Waals surface area contributed by atoms with Crippen LogP contribution in [0, 0.1) is 20.8 Å². The number of rotatable bonds is 3. The Morgan fingerprint density at radius 2 is 1.69 bits per heavy atom. The van der Waals surface area contributed by atoms with Gasteiger partial charge >= 0.3 is 0 Å². The first-order valence-corrected chi connectivity index (χ1v) is 11.2. The van der Waals surface area contributed by atoms with Crippen LogP contribution >= 0.6 is 11.3 Å². The highest BCUT2D eigenvalue weighted by Gasteiger charge is 2.19. The van der Waals surface area contributed by atoms with Gasteiger partial charge in [0.2, 0.25) is 0 Å². The standard InChI is InChI=1S/C24H26N4S/c1-14-10-19(11-15(2)26-14)23-16(3)20-5-4-18(12-21(20)27-23)24-28-22(13-29-24)17-6-8-25-9-7-17/h4-5,10-13,17,25,27H,6-9H2,1-3H3. The third-order valence-electron chi connectivity index (χ3n) is 5.95. The lowest BCUT2D eigenvalue weighted by Crippen LogP contribution is -2.26. The van der Waals surface area contributed by atoms with Crippen molar-refractivity contribution in [3.8, 4) is 21.8 Å². The van der Waals surface area contributed by atoms with Crippen LogP contribution in [0.4, 0.5) is 0 Å². The first-order valence-electron chi connectivity index (χ1n) is 10.3. The number of pyridine rings is 1. The normalized spacial score (nSPS) is 15.3. The molecule has 0 atom stereocenters. The van der Waals surface area contributed by atoms with Crippen LogP contribution in [0.5, 0.6) is 0 Å². The minimum atomic E-state index is 0.600. The third-order valence-corrected chi connectivity index (χ3v) is 6.86. The highest BCUT2D eigenvalue weighted by Crippen LogP contribution is 2.35. The molecule has 4 nitrogen and oxygen atoms in total. The molecule has 1 aliphatic heterocycles. The van der Waals surface area contributed by atoms with Crippen molar-refractivity contribution in [1.29, 1.82) is 0 Å². The molecule has 29 heavy (non-hydrogen) atoms. The number of nitrogens with zero attached hydrogens (tertiary/aromatic N) is 2. The predicted octanol–water partition coefficient (Wildman–Crippen LogP) is 5.75. The van der Waals surface area contributed by atoms with Crippen molar-refractivity contribution < 1.29 is 0 Å². The van der Waals surface area contributed by atoms with E-state index < -0.39 is 0 Å². The fourth-order valence-corrected chi connectivity index (χ4v) is 5.36.